The zero-order valence-electron chi connectivity index (χ0n) is 11.8. The van der Waals surface area contributed by atoms with E-state index in [1.54, 1.807) is 7.05 Å². The molecule has 2 rings (SSSR count). The van der Waals surface area contributed by atoms with Crippen molar-refractivity contribution in [3.63, 3.8) is 0 Å². The Morgan fingerprint density at radius 1 is 1.25 bits per heavy atom. The first kappa shape index (κ1) is 15.3. The van der Waals surface area contributed by atoms with E-state index in [4.69, 9.17) is 5.73 Å². The summed E-state index contributed by atoms with van der Waals surface area (Å²) in [5.74, 6) is -0.0481. The molecule has 6 heteroatoms. The summed E-state index contributed by atoms with van der Waals surface area (Å²) in [6.07, 6.45) is 3.77. The SMILES string of the molecule is CC1CCC(N(C)S(=O)(=O)c2ccc(N)c(F)c2)CC1. The summed E-state index contributed by atoms with van der Waals surface area (Å²) in [7, 11) is -2.08. The van der Waals surface area contributed by atoms with Crippen LogP contribution >= 0.6 is 0 Å². The van der Waals surface area contributed by atoms with Gasteiger partial charge in [0.05, 0.1) is 10.6 Å². The summed E-state index contributed by atoms with van der Waals surface area (Å²) in [4.78, 5) is -0.0367. The van der Waals surface area contributed by atoms with Gasteiger partial charge in [-0.1, -0.05) is 6.92 Å². The quantitative estimate of drug-likeness (QED) is 0.873. The van der Waals surface area contributed by atoms with E-state index >= 15 is 0 Å². The van der Waals surface area contributed by atoms with Gasteiger partial charge in [0.15, 0.2) is 0 Å². The lowest BCUT2D eigenvalue weighted by atomic mass is 9.87. The number of hydrogen-bond acceptors (Lipinski definition) is 3. The summed E-state index contributed by atoms with van der Waals surface area (Å²) >= 11 is 0. The monoisotopic (exact) mass is 300 g/mol. The third kappa shape index (κ3) is 2.96. The number of halogens is 1. The van der Waals surface area contributed by atoms with Crippen LogP contribution in [0.1, 0.15) is 32.6 Å². The molecule has 0 unspecified atom stereocenters. The molecule has 2 N–H and O–H groups in total. The third-order valence-electron chi connectivity index (χ3n) is 4.15. The van der Waals surface area contributed by atoms with E-state index in [9.17, 15) is 12.8 Å². The van der Waals surface area contributed by atoms with Gasteiger partial charge in [-0.3, -0.25) is 0 Å². The molecular formula is C14H21FN2O2S. The average molecular weight is 300 g/mol. The van der Waals surface area contributed by atoms with Crippen molar-refractivity contribution >= 4 is 15.7 Å². The van der Waals surface area contributed by atoms with Gasteiger partial charge in [-0.2, -0.15) is 4.31 Å². The van der Waals surface area contributed by atoms with Crippen LogP contribution in [-0.4, -0.2) is 25.8 Å². The van der Waals surface area contributed by atoms with Gasteiger partial charge in [0, 0.05) is 13.1 Å². The number of rotatable bonds is 3. The minimum Gasteiger partial charge on any atom is -0.396 e. The molecule has 0 aromatic heterocycles. The predicted molar refractivity (Wildman–Crippen MR) is 77.2 cm³/mol. The van der Waals surface area contributed by atoms with Crippen LogP contribution < -0.4 is 5.73 Å². The van der Waals surface area contributed by atoms with Gasteiger partial charge in [0.1, 0.15) is 5.82 Å². The van der Waals surface area contributed by atoms with Crippen LogP contribution in [0.25, 0.3) is 0 Å². The minimum absolute atomic E-state index is 0.00295. The largest absolute Gasteiger partial charge is 0.396 e. The van der Waals surface area contributed by atoms with Crippen LogP contribution in [0.3, 0.4) is 0 Å². The molecule has 0 aliphatic heterocycles. The molecule has 0 radical (unpaired) electrons. The van der Waals surface area contributed by atoms with Crippen molar-refractivity contribution in [2.24, 2.45) is 5.92 Å². The molecule has 1 aromatic carbocycles. The fraction of sp³-hybridized carbons (Fsp3) is 0.571. The van der Waals surface area contributed by atoms with E-state index in [2.05, 4.69) is 6.92 Å². The molecule has 0 amide bonds. The second kappa shape index (κ2) is 5.69. The average Bonchev–Trinajstić information content (AvgIpc) is 2.41. The summed E-state index contributed by atoms with van der Waals surface area (Å²) in [5, 5.41) is 0. The molecule has 0 atom stereocenters. The standard InChI is InChI=1S/C14H21FN2O2S/c1-10-3-5-11(6-4-10)17(2)20(18,19)12-7-8-14(16)13(15)9-12/h7-11H,3-6,16H2,1-2H3. The zero-order chi connectivity index (χ0) is 14.9. The lowest BCUT2D eigenvalue weighted by molar-refractivity contribution is 0.246. The van der Waals surface area contributed by atoms with Gasteiger partial charge in [0.25, 0.3) is 0 Å². The first-order valence-electron chi connectivity index (χ1n) is 6.85. The van der Waals surface area contributed by atoms with Gasteiger partial charge in [-0.25, -0.2) is 12.8 Å². The first-order valence-corrected chi connectivity index (χ1v) is 8.29. The van der Waals surface area contributed by atoms with Gasteiger partial charge in [-0.05, 0) is 49.8 Å². The van der Waals surface area contributed by atoms with Crippen LogP contribution in [0.4, 0.5) is 10.1 Å². The summed E-state index contributed by atoms with van der Waals surface area (Å²) in [5.41, 5.74) is 5.34. The highest BCUT2D eigenvalue weighted by molar-refractivity contribution is 7.89. The fourth-order valence-electron chi connectivity index (χ4n) is 2.64. The number of anilines is 1. The maximum absolute atomic E-state index is 13.5. The topological polar surface area (TPSA) is 63.4 Å². The second-order valence-electron chi connectivity index (χ2n) is 5.62. The van der Waals surface area contributed by atoms with Gasteiger partial charge < -0.3 is 5.73 Å². The van der Waals surface area contributed by atoms with Crippen molar-refractivity contribution in [3.05, 3.63) is 24.0 Å². The molecule has 4 nitrogen and oxygen atoms in total. The van der Waals surface area contributed by atoms with E-state index in [0.29, 0.717) is 5.92 Å². The normalized spacial score (nSPS) is 24.0. The van der Waals surface area contributed by atoms with Crippen molar-refractivity contribution in [1.29, 1.82) is 0 Å². The smallest absolute Gasteiger partial charge is 0.243 e. The van der Waals surface area contributed by atoms with Crippen LogP contribution in [0.2, 0.25) is 0 Å². The van der Waals surface area contributed by atoms with Crippen LogP contribution in [0.15, 0.2) is 23.1 Å². The maximum atomic E-state index is 13.5. The van der Waals surface area contributed by atoms with E-state index < -0.39 is 15.8 Å². The van der Waals surface area contributed by atoms with Crippen molar-refractivity contribution in [3.8, 4) is 0 Å². The van der Waals surface area contributed by atoms with Crippen molar-refractivity contribution in [1.82, 2.24) is 4.31 Å². The van der Waals surface area contributed by atoms with Gasteiger partial charge >= 0.3 is 0 Å². The number of nitrogen functional groups attached to an aromatic ring is 1. The van der Waals surface area contributed by atoms with E-state index in [0.717, 1.165) is 31.7 Å². The maximum Gasteiger partial charge on any atom is 0.243 e. The number of sulfonamides is 1. The zero-order valence-corrected chi connectivity index (χ0v) is 12.7. The van der Waals surface area contributed by atoms with Gasteiger partial charge in [-0.15, -0.1) is 0 Å². The van der Waals surface area contributed by atoms with E-state index in [1.807, 2.05) is 0 Å². The van der Waals surface area contributed by atoms with Crippen LogP contribution in [-0.2, 0) is 10.0 Å². The van der Waals surface area contributed by atoms with Crippen LogP contribution in [0.5, 0.6) is 0 Å². The lowest BCUT2D eigenvalue weighted by Crippen LogP contribution is -2.39. The molecule has 1 aromatic rings. The molecule has 0 bridgehead atoms. The number of nitrogens with zero attached hydrogens (tertiary/aromatic N) is 1. The summed E-state index contributed by atoms with van der Waals surface area (Å²) in [6, 6.07) is 3.64. The van der Waals surface area contributed by atoms with Crippen molar-refractivity contribution < 1.29 is 12.8 Å². The highest BCUT2D eigenvalue weighted by atomic mass is 32.2. The summed E-state index contributed by atoms with van der Waals surface area (Å²) in [6.45, 7) is 2.18. The highest BCUT2D eigenvalue weighted by Gasteiger charge is 2.30. The molecule has 0 spiro atoms. The number of hydrogen-bond donors (Lipinski definition) is 1. The van der Waals surface area contributed by atoms with E-state index in [1.165, 1.54) is 16.4 Å². The molecule has 112 valence electrons. The second-order valence-corrected chi connectivity index (χ2v) is 7.62. The molecule has 0 heterocycles. The number of benzene rings is 1. The molecule has 1 saturated carbocycles. The Morgan fingerprint density at radius 2 is 1.85 bits per heavy atom. The highest BCUT2D eigenvalue weighted by Crippen LogP contribution is 2.30. The Balaban J connectivity index is 2.23. The van der Waals surface area contributed by atoms with Crippen LogP contribution in [0, 0.1) is 11.7 Å². The molecule has 1 aliphatic rings. The Hall–Kier alpha value is -1.14. The summed E-state index contributed by atoms with van der Waals surface area (Å²) < 4.78 is 39.8. The molecule has 1 fully saturated rings. The Labute approximate surface area is 119 Å². The Morgan fingerprint density at radius 3 is 2.40 bits per heavy atom. The lowest BCUT2D eigenvalue weighted by Gasteiger charge is -2.32. The third-order valence-corrected chi connectivity index (χ3v) is 6.05. The molecular weight excluding hydrogens is 279 g/mol. The minimum atomic E-state index is -3.66. The van der Waals surface area contributed by atoms with Crippen molar-refractivity contribution in [2.45, 2.75) is 43.5 Å². The number of nitrogens with two attached hydrogens (primary N) is 1. The van der Waals surface area contributed by atoms with Gasteiger partial charge in [0.2, 0.25) is 10.0 Å². The molecule has 1 aliphatic carbocycles. The van der Waals surface area contributed by atoms with E-state index in [-0.39, 0.29) is 16.6 Å². The Bertz CT molecular complexity index is 581. The fourth-order valence-corrected chi connectivity index (χ4v) is 4.07. The molecule has 20 heavy (non-hydrogen) atoms. The predicted octanol–water partition coefficient (Wildman–Crippen LogP) is 2.61. The first-order chi connectivity index (χ1) is 9.32. The Kier molecular flexibility index (Phi) is 4.34. The van der Waals surface area contributed by atoms with Crippen molar-refractivity contribution in [2.75, 3.05) is 12.8 Å². The molecule has 0 saturated heterocycles.